The third-order valence-corrected chi connectivity index (χ3v) is 6.02. The molecule has 1 saturated heterocycles. The van der Waals surface area contributed by atoms with E-state index in [0.29, 0.717) is 0 Å². The molecule has 0 aromatic rings. The maximum atomic E-state index is 11.4. The minimum absolute atomic E-state index is 0.157. The summed E-state index contributed by atoms with van der Waals surface area (Å²) in [7, 11) is -10.7. The summed E-state index contributed by atoms with van der Waals surface area (Å²) in [6.45, 7) is -0.613. The van der Waals surface area contributed by atoms with Crippen molar-refractivity contribution in [1.82, 2.24) is 5.32 Å². The van der Waals surface area contributed by atoms with Crippen LogP contribution in [-0.2, 0) is 26.8 Å². The molecule has 6 N–H and O–H groups in total. The van der Waals surface area contributed by atoms with Gasteiger partial charge in [0.15, 0.2) is 0 Å². The number of aliphatic hydroxyl groups is 1. The number of aliphatic hydroxyl groups excluding tert-OH is 1. The monoisotopic (exact) mass is 367 g/mol. The Morgan fingerprint density at radius 3 is 2.10 bits per heavy atom. The van der Waals surface area contributed by atoms with Gasteiger partial charge < -0.3 is 30.0 Å². The lowest BCUT2D eigenvalue weighted by atomic mass is 9.95. The molecule has 1 aliphatic heterocycles. The van der Waals surface area contributed by atoms with E-state index >= 15 is 0 Å². The maximum Gasteiger partial charge on any atom is 0.490 e. The lowest BCUT2D eigenvalue weighted by Gasteiger charge is -2.19. The van der Waals surface area contributed by atoms with E-state index in [2.05, 4.69) is 18.5 Å². The van der Waals surface area contributed by atoms with Crippen molar-refractivity contribution in [3.05, 3.63) is 0 Å². The molecule has 0 aliphatic carbocycles. The Morgan fingerprint density at radius 1 is 1.10 bits per heavy atom. The zero-order valence-corrected chi connectivity index (χ0v) is 12.9. The number of hydrogen-bond donors (Lipinski definition) is 6. The Labute approximate surface area is 120 Å². The molecule has 16 heteroatoms. The highest BCUT2D eigenvalue weighted by atomic mass is 31.3. The van der Waals surface area contributed by atoms with Crippen molar-refractivity contribution in [1.29, 1.82) is 0 Å². The Hall–Kier alpha value is 0.395. The molecule has 2 radical (unpaired) electrons. The van der Waals surface area contributed by atoms with E-state index in [-0.39, 0.29) is 6.42 Å². The van der Waals surface area contributed by atoms with Crippen LogP contribution in [0.3, 0.4) is 0 Å². The number of hydrogen-bond acceptors (Lipinski definition) is 8. The Kier molecular flexibility index (Phi) is 6.37. The molecule has 5 atom stereocenters. The van der Waals surface area contributed by atoms with Gasteiger partial charge >= 0.3 is 23.5 Å². The summed E-state index contributed by atoms with van der Waals surface area (Å²) in [5, 5.41) is 12.1. The third kappa shape index (κ3) is 7.47. The molecule has 0 aromatic carbocycles. The lowest BCUT2D eigenvalue weighted by Crippen LogP contribution is -2.37. The van der Waals surface area contributed by atoms with Crippen molar-refractivity contribution in [2.45, 2.75) is 24.5 Å². The molecule has 21 heavy (non-hydrogen) atoms. The van der Waals surface area contributed by atoms with E-state index in [1.54, 1.807) is 0 Å². The third-order valence-electron chi connectivity index (χ3n) is 2.22. The first kappa shape index (κ1) is 19.4. The quantitative estimate of drug-likeness (QED) is 0.227. The van der Waals surface area contributed by atoms with Crippen LogP contribution in [0.4, 0.5) is 0 Å². The van der Waals surface area contributed by atoms with Crippen molar-refractivity contribution in [2.24, 2.45) is 0 Å². The first-order chi connectivity index (χ1) is 9.30. The summed E-state index contributed by atoms with van der Waals surface area (Å²) in [6.07, 6.45) is -0.822. The van der Waals surface area contributed by atoms with Gasteiger partial charge in [-0.15, -0.1) is 0 Å². The molecular weight excluding hydrogens is 354 g/mol. The Bertz CT molecular complexity index is 508. The first-order valence-corrected chi connectivity index (χ1v) is 9.80. The summed E-state index contributed by atoms with van der Waals surface area (Å²) in [5.74, 6) is -0.561. The van der Waals surface area contributed by atoms with E-state index in [4.69, 9.17) is 27.4 Å². The molecule has 1 heterocycles. The second-order valence-corrected chi connectivity index (χ2v) is 8.49. The topological polar surface area (TPSA) is 192 Å². The van der Waals surface area contributed by atoms with Gasteiger partial charge in [0.2, 0.25) is 0 Å². The van der Waals surface area contributed by atoms with Crippen LogP contribution in [0, 0.1) is 0 Å². The molecule has 1 rings (SSSR count). The first-order valence-electron chi connectivity index (χ1n) is 5.28. The van der Waals surface area contributed by atoms with Crippen molar-refractivity contribution in [2.75, 3.05) is 6.61 Å². The summed E-state index contributed by atoms with van der Waals surface area (Å²) in [4.78, 5) is 34.7. The highest BCUT2D eigenvalue weighted by molar-refractivity contribution is 7.66. The maximum absolute atomic E-state index is 11.4. The average Bonchev–Trinajstić information content (AvgIpc) is 2.48. The SMILES string of the molecule is [B]C1CC(O)C(COP(=O)(O)OP(=O)(O)OP(=O)(O)O)N1. The number of rotatable bonds is 7. The van der Waals surface area contributed by atoms with Crippen LogP contribution in [0.5, 0.6) is 0 Å². The van der Waals surface area contributed by atoms with Crippen LogP contribution in [0.2, 0.25) is 0 Å². The zero-order valence-electron chi connectivity index (χ0n) is 10.3. The van der Waals surface area contributed by atoms with Gasteiger partial charge in [-0.2, -0.15) is 8.62 Å². The van der Waals surface area contributed by atoms with E-state index in [1.165, 1.54) is 0 Å². The molecular formula is C5H13BNO11P3. The highest BCUT2D eigenvalue weighted by Gasteiger charge is 2.41. The van der Waals surface area contributed by atoms with Crippen LogP contribution in [0.15, 0.2) is 0 Å². The van der Waals surface area contributed by atoms with Crippen molar-refractivity contribution < 1.29 is 51.5 Å². The average molecular weight is 367 g/mol. The normalized spacial score (nSPS) is 32.5. The fourth-order valence-corrected chi connectivity index (χ4v) is 4.56. The zero-order chi connectivity index (χ0) is 16.5. The van der Waals surface area contributed by atoms with Crippen LogP contribution in [0.25, 0.3) is 0 Å². The minimum atomic E-state index is -5.53. The van der Waals surface area contributed by atoms with E-state index < -0.39 is 48.2 Å². The molecule has 5 unspecified atom stereocenters. The van der Waals surface area contributed by atoms with Gasteiger partial charge in [0.1, 0.15) is 0 Å². The smallest absolute Gasteiger partial charge is 0.391 e. The van der Waals surface area contributed by atoms with Gasteiger partial charge in [0.25, 0.3) is 0 Å². The van der Waals surface area contributed by atoms with Gasteiger partial charge in [-0.3, -0.25) is 4.52 Å². The Morgan fingerprint density at radius 2 is 1.67 bits per heavy atom. The Balaban J connectivity index is 2.56. The second-order valence-electron chi connectivity index (χ2n) is 4.07. The summed E-state index contributed by atoms with van der Waals surface area (Å²) < 4.78 is 44.1. The summed E-state index contributed by atoms with van der Waals surface area (Å²) >= 11 is 0. The van der Waals surface area contributed by atoms with Crippen molar-refractivity contribution >= 4 is 31.3 Å². The fraction of sp³-hybridized carbons (Fsp3) is 1.00. The summed E-state index contributed by atoms with van der Waals surface area (Å²) in [5.41, 5.74) is 0. The molecule has 0 bridgehead atoms. The molecule has 12 nitrogen and oxygen atoms in total. The summed E-state index contributed by atoms with van der Waals surface area (Å²) in [6, 6.07) is -0.829. The highest BCUT2D eigenvalue weighted by Crippen LogP contribution is 2.66. The fourth-order valence-electron chi connectivity index (χ4n) is 1.52. The molecule has 0 aromatic heterocycles. The van der Waals surface area contributed by atoms with Gasteiger partial charge in [0.05, 0.1) is 26.6 Å². The molecule has 0 spiro atoms. The number of phosphoric ester groups is 1. The molecule has 1 fully saturated rings. The van der Waals surface area contributed by atoms with Gasteiger partial charge in [0, 0.05) is 0 Å². The molecule has 1 aliphatic rings. The second kappa shape index (κ2) is 6.88. The van der Waals surface area contributed by atoms with Crippen LogP contribution in [-0.4, -0.2) is 57.2 Å². The van der Waals surface area contributed by atoms with Crippen molar-refractivity contribution in [3.63, 3.8) is 0 Å². The molecule has 0 saturated carbocycles. The van der Waals surface area contributed by atoms with Gasteiger partial charge in [-0.05, 0) is 12.4 Å². The van der Waals surface area contributed by atoms with E-state index in [9.17, 15) is 18.8 Å². The van der Waals surface area contributed by atoms with Crippen LogP contribution >= 0.6 is 23.5 Å². The molecule has 0 amide bonds. The lowest BCUT2D eigenvalue weighted by molar-refractivity contribution is 0.109. The standard InChI is InChI=1S/C5H13BNO11P3/c6-5-1-4(8)3(7-5)2-16-20(12,13)18-21(14,15)17-19(9,10)11/h3-5,7-8H,1-2H2,(H,12,13)(H,14,15)(H2,9,10,11). The number of phosphoric acid groups is 3. The minimum Gasteiger partial charge on any atom is -0.391 e. The van der Waals surface area contributed by atoms with Gasteiger partial charge in [-0.25, -0.2) is 13.7 Å². The largest absolute Gasteiger partial charge is 0.490 e. The number of nitrogens with one attached hydrogen (secondary N) is 1. The predicted molar refractivity (Wildman–Crippen MR) is 66.9 cm³/mol. The van der Waals surface area contributed by atoms with Crippen molar-refractivity contribution in [3.8, 4) is 0 Å². The predicted octanol–water partition coefficient (Wildman–Crippen LogP) is -1.45. The van der Waals surface area contributed by atoms with E-state index in [0.717, 1.165) is 0 Å². The van der Waals surface area contributed by atoms with Crippen LogP contribution in [0.1, 0.15) is 6.42 Å². The van der Waals surface area contributed by atoms with Gasteiger partial charge in [-0.1, -0.05) is 0 Å². The molecule has 122 valence electrons. The van der Waals surface area contributed by atoms with E-state index in [1.807, 2.05) is 0 Å². The van der Waals surface area contributed by atoms with Crippen LogP contribution < -0.4 is 5.32 Å².